The minimum absolute atomic E-state index is 0.929. The Kier molecular flexibility index (Phi) is 1.40. The molecule has 0 N–H and O–H groups in total. The minimum atomic E-state index is 0.929. The molecule has 0 radical (unpaired) electrons. The minimum Gasteiger partial charge on any atom is -0.0651 e. The van der Waals surface area contributed by atoms with Gasteiger partial charge in [0.15, 0.2) is 0 Å². The molecule has 3 aliphatic rings. The Morgan fingerprint density at radius 1 is 1.08 bits per heavy atom. The fraction of sp³-hybridized carbons (Fsp3) is 1.00. The van der Waals surface area contributed by atoms with E-state index in [1.807, 2.05) is 0 Å². The Labute approximate surface area is 75.7 Å². The van der Waals surface area contributed by atoms with Crippen LogP contribution in [0.3, 0.4) is 0 Å². The molecule has 3 aliphatic carbocycles. The quantitative estimate of drug-likeness (QED) is 0.555. The summed E-state index contributed by atoms with van der Waals surface area (Å²) in [5, 5.41) is 0. The summed E-state index contributed by atoms with van der Waals surface area (Å²) in [6.45, 7) is 2.40. The number of hydrogen-bond donors (Lipinski definition) is 0. The first-order valence-electron chi connectivity index (χ1n) is 5.88. The van der Waals surface area contributed by atoms with Crippen molar-refractivity contribution in [1.29, 1.82) is 0 Å². The van der Waals surface area contributed by atoms with Crippen molar-refractivity contribution in [3.63, 3.8) is 0 Å². The van der Waals surface area contributed by atoms with Gasteiger partial charge < -0.3 is 0 Å². The zero-order chi connectivity index (χ0) is 8.18. The van der Waals surface area contributed by atoms with Gasteiger partial charge in [-0.3, -0.25) is 0 Å². The predicted molar refractivity (Wildman–Crippen MR) is 50.9 cm³/mol. The molecule has 0 amide bonds. The van der Waals surface area contributed by atoms with Crippen LogP contribution in [0.1, 0.15) is 51.9 Å². The van der Waals surface area contributed by atoms with E-state index in [0.29, 0.717) is 0 Å². The highest BCUT2D eigenvalue weighted by molar-refractivity contribution is 5.12. The third-order valence-corrected chi connectivity index (χ3v) is 5.30. The lowest BCUT2D eigenvalue weighted by molar-refractivity contribution is -0.206. The Morgan fingerprint density at radius 2 is 1.75 bits per heavy atom. The van der Waals surface area contributed by atoms with Crippen molar-refractivity contribution in [1.82, 2.24) is 0 Å². The second-order valence-corrected chi connectivity index (χ2v) is 5.30. The van der Waals surface area contributed by atoms with Crippen molar-refractivity contribution in [2.24, 2.45) is 23.2 Å². The zero-order valence-corrected chi connectivity index (χ0v) is 8.18. The van der Waals surface area contributed by atoms with Gasteiger partial charge in [-0.1, -0.05) is 26.2 Å². The summed E-state index contributed by atoms with van der Waals surface area (Å²) in [5.41, 5.74) is 0.929. The van der Waals surface area contributed by atoms with E-state index in [-0.39, 0.29) is 0 Å². The smallest absolute Gasteiger partial charge is 0.0235 e. The van der Waals surface area contributed by atoms with E-state index in [1.54, 1.807) is 38.5 Å². The molecule has 2 unspecified atom stereocenters. The van der Waals surface area contributed by atoms with Crippen LogP contribution in [0, 0.1) is 23.2 Å². The summed E-state index contributed by atoms with van der Waals surface area (Å²) in [5.74, 6) is 3.50. The van der Waals surface area contributed by atoms with Crippen LogP contribution in [0.5, 0.6) is 0 Å². The molecule has 12 heavy (non-hydrogen) atoms. The Hall–Kier alpha value is 0. The van der Waals surface area contributed by atoms with Gasteiger partial charge >= 0.3 is 0 Å². The number of rotatable bonds is 1. The third-order valence-electron chi connectivity index (χ3n) is 5.30. The summed E-state index contributed by atoms with van der Waals surface area (Å²) in [7, 11) is 0. The lowest BCUT2D eigenvalue weighted by Gasteiger charge is -2.70. The zero-order valence-electron chi connectivity index (χ0n) is 8.18. The molecule has 0 aliphatic heterocycles. The van der Waals surface area contributed by atoms with Crippen molar-refractivity contribution in [3.05, 3.63) is 0 Å². The van der Waals surface area contributed by atoms with E-state index >= 15 is 0 Å². The molecular weight excluding hydrogens is 144 g/mol. The molecule has 2 bridgehead atoms. The monoisotopic (exact) mass is 164 g/mol. The van der Waals surface area contributed by atoms with Crippen LogP contribution in [-0.4, -0.2) is 0 Å². The Morgan fingerprint density at radius 3 is 2.17 bits per heavy atom. The normalized spacial score (nSPS) is 48.2. The van der Waals surface area contributed by atoms with E-state index in [1.165, 1.54) is 18.3 Å². The Balaban J connectivity index is 1.83. The van der Waals surface area contributed by atoms with E-state index in [2.05, 4.69) is 6.92 Å². The summed E-state index contributed by atoms with van der Waals surface area (Å²) >= 11 is 0. The molecule has 3 fully saturated rings. The maximum Gasteiger partial charge on any atom is -0.0235 e. The molecule has 0 heteroatoms. The van der Waals surface area contributed by atoms with E-state index < -0.39 is 0 Å². The summed E-state index contributed by atoms with van der Waals surface area (Å²) < 4.78 is 0. The van der Waals surface area contributed by atoms with Crippen molar-refractivity contribution in [2.75, 3.05) is 0 Å². The van der Waals surface area contributed by atoms with E-state index in [9.17, 15) is 0 Å². The van der Waals surface area contributed by atoms with Gasteiger partial charge in [0.2, 0.25) is 0 Å². The molecule has 0 aromatic rings. The second-order valence-electron chi connectivity index (χ2n) is 5.30. The molecule has 68 valence electrons. The molecule has 0 saturated heterocycles. The van der Waals surface area contributed by atoms with Crippen LogP contribution >= 0.6 is 0 Å². The van der Waals surface area contributed by atoms with Gasteiger partial charge in [0, 0.05) is 0 Å². The lowest BCUT2D eigenvalue weighted by atomic mass is 9.35. The van der Waals surface area contributed by atoms with Crippen molar-refractivity contribution < 1.29 is 0 Å². The molecule has 3 saturated carbocycles. The molecular formula is C12H20. The first-order chi connectivity index (χ1) is 5.88. The molecule has 1 spiro atoms. The third kappa shape index (κ3) is 0.625. The van der Waals surface area contributed by atoms with Crippen molar-refractivity contribution in [3.8, 4) is 0 Å². The maximum absolute atomic E-state index is 2.40. The van der Waals surface area contributed by atoms with Gasteiger partial charge in [-0.05, 0) is 48.9 Å². The molecule has 0 aromatic heterocycles. The standard InChI is InChI=1S/C12H20/c1-2-9-10-5-3-6-11(9)12(10)7-4-8-12/h9-11H,2-8H2,1H3. The number of hydrogen-bond acceptors (Lipinski definition) is 0. The largest absolute Gasteiger partial charge is 0.0651 e. The van der Waals surface area contributed by atoms with Crippen LogP contribution in [0.2, 0.25) is 0 Å². The average Bonchev–Trinajstić information content (AvgIpc) is 2.03. The summed E-state index contributed by atoms with van der Waals surface area (Å²) in [6.07, 6.45) is 10.9. The van der Waals surface area contributed by atoms with Crippen LogP contribution in [0.15, 0.2) is 0 Å². The highest BCUT2D eigenvalue weighted by atomic mass is 14.7. The Bertz CT molecular complexity index is 176. The van der Waals surface area contributed by atoms with Crippen molar-refractivity contribution >= 4 is 0 Å². The fourth-order valence-corrected chi connectivity index (χ4v) is 4.75. The summed E-state index contributed by atoms with van der Waals surface area (Å²) in [4.78, 5) is 0. The van der Waals surface area contributed by atoms with Crippen LogP contribution in [0.4, 0.5) is 0 Å². The van der Waals surface area contributed by atoms with Gasteiger partial charge in [-0.15, -0.1) is 0 Å². The van der Waals surface area contributed by atoms with Crippen LogP contribution in [-0.2, 0) is 0 Å². The van der Waals surface area contributed by atoms with Crippen LogP contribution in [0.25, 0.3) is 0 Å². The number of fused-ring (bicyclic) bond motifs is 4. The van der Waals surface area contributed by atoms with Gasteiger partial charge in [0.25, 0.3) is 0 Å². The molecule has 3 rings (SSSR count). The molecule has 2 atom stereocenters. The predicted octanol–water partition coefficient (Wildman–Crippen LogP) is 3.61. The van der Waals surface area contributed by atoms with Gasteiger partial charge in [0.1, 0.15) is 0 Å². The molecule has 0 nitrogen and oxygen atoms in total. The van der Waals surface area contributed by atoms with E-state index in [4.69, 9.17) is 0 Å². The first-order valence-corrected chi connectivity index (χ1v) is 5.88. The SMILES string of the molecule is CCC1C2CCCC1C21CCC1. The topological polar surface area (TPSA) is 0 Å². The summed E-state index contributed by atoms with van der Waals surface area (Å²) in [6, 6.07) is 0. The highest BCUT2D eigenvalue weighted by Crippen LogP contribution is 2.72. The molecule has 0 aromatic carbocycles. The maximum atomic E-state index is 2.40. The van der Waals surface area contributed by atoms with E-state index in [0.717, 1.165) is 11.3 Å². The lowest BCUT2D eigenvalue weighted by Crippen LogP contribution is -2.62. The van der Waals surface area contributed by atoms with Crippen LogP contribution < -0.4 is 0 Å². The van der Waals surface area contributed by atoms with Gasteiger partial charge in [0.05, 0.1) is 0 Å². The average molecular weight is 164 g/mol. The fourth-order valence-electron chi connectivity index (χ4n) is 4.75. The second kappa shape index (κ2) is 2.27. The van der Waals surface area contributed by atoms with Gasteiger partial charge in [-0.2, -0.15) is 0 Å². The highest BCUT2D eigenvalue weighted by Gasteiger charge is 2.63. The first kappa shape index (κ1) is 7.41. The molecule has 0 heterocycles. The van der Waals surface area contributed by atoms with Crippen molar-refractivity contribution in [2.45, 2.75) is 51.9 Å². The van der Waals surface area contributed by atoms with Gasteiger partial charge in [-0.25, -0.2) is 0 Å².